The van der Waals surface area contributed by atoms with Gasteiger partial charge in [0.15, 0.2) is 17.5 Å². The third kappa shape index (κ3) is 5.90. The van der Waals surface area contributed by atoms with E-state index < -0.39 is 0 Å². The van der Waals surface area contributed by atoms with Crippen LogP contribution < -0.4 is 20.1 Å². The van der Waals surface area contributed by atoms with E-state index in [2.05, 4.69) is 24.5 Å². The number of nitrogens with one attached hydrogen (secondary N) is 2. The summed E-state index contributed by atoms with van der Waals surface area (Å²) in [4.78, 5) is 4.69. The van der Waals surface area contributed by atoms with Crippen LogP contribution in [0.1, 0.15) is 38.7 Å². The first-order chi connectivity index (χ1) is 12.2. The zero-order chi connectivity index (χ0) is 17.5. The van der Waals surface area contributed by atoms with Crippen molar-refractivity contribution in [1.82, 2.24) is 10.6 Å². The molecule has 2 aliphatic heterocycles. The lowest BCUT2D eigenvalue weighted by Crippen LogP contribution is -2.45. The Balaban J connectivity index is 0.00000243. The number of rotatable bonds is 5. The molecule has 6 nitrogen and oxygen atoms in total. The van der Waals surface area contributed by atoms with Gasteiger partial charge in [0.2, 0.25) is 0 Å². The first-order valence-corrected chi connectivity index (χ1v) is 9.23. The molecule has 0 bridgehead atoms. The minimum absolute atomic E-state index is 0. The Labute approximate surface area is 173 Å². The number of guanidine groups is 1. The third-order valence-electron chi connectivity index (χ3n) is 4.51. The maximum Gasteiger partial charge on any atom is 0.191 e. The van der Waals surface area contributed by atoms with Crippen LogP contribution in [0, 0.1) is 0 Å². The molecule has 1 saturated heterocycles. The fourth-order valence-corrected chi connectivity index (χ4v) is 3.07. The van der Waals surface area contributed by atoms with E-state index in [-0.39, 0.29) is 29.6 Å². The van der Waals surface area contributed by atoms with Crippen molar-refractivity contribution in [2.45, 2.75) is 45.3 Å². The summed E-state index contributed by atoms with van der Waals surface area (Å²) < 4.78 is 17.3. The Kier molecular flexibility index (Phi) is 8.27. The minimum atomic E-state index is -0.0918. The Bertz CT molecular complexity index is 604. The molecule has 0 spiro atoms. The van der Waals surface area contributed by atoms with E-state index in [1.54, 1.807) is 0 Å². The predicted octanol–water partition coefficient (Wildman–Crippen LogP) is 3.09. The summed E-state index contributed by atoms with van der Waals surface area (Å²) in [6, 6.07) is 6.04. The van der Waals surface area contributed by atoms with E-state index >= 15 is 0 Å². The second kappa shape index (κ2) is 10.2. The van der Waals surface area contributed by atoms with Gasteiger partial charge < -0.3 is 24.8 Å². The van der Waals surface area contributed by atoms with Crippen molar-refractivity contribution >= 4 is 29.9 Å². The highest BCUT2D eigenvalue weighted by atomic mass is 127. The van der Waals surface area contributed by atoms with Crippen LogP contribution in [0.2, 0.25) is 0 Å². The molecule has 7 heteroatoms. The fourth-order valence-electron chi connectivity index (χ4n) is 3.07. The van der Waals surface area contributed by atoms with E-state index in [1.807, 2.05) is 18.2 Å². The van der Waals surface area contributed by atoms with Crippen LogP contribution in [0.5, 0.6) is 11.5 Å². The summed E-state index contributed by atoms with van der Waals surface area (Å²) in [6.45, 7) is 8.65. The molecule has 1 aromatic rings. The topological polar surface area (TPSA) is 64.1 Å². The number of hydrogen-bond acceptors (Lipinski definition) is 4. The number of hydrogen-bond donors (Lipinski definition) is 2. The molecule has 2 heterocycles. The average Bonchev–Trinajstić information content (AvgIpc) is 2.91. The second-order valence-electron chi connectivity index (χ2n) is 6.78. The summed E-state index contributed by atoms with van der Waals surface area (Å²) in [7, 11) is 0. The summed E-state index contributed by atoms with van der Waals surface area (Å²) in [5, 5.41) is 6.70. The van der Waals surface area contributed by atoms with E-state index in [0.717, 1.165) is 62.0 Å². The van der Waals surface area contributed by atoms with E-state index in [4.69, 9.17) is 19.2 Å². The molecule has 3 rings (SSSR count). The van der Waals surface area contributed by atoms with Crippen molar-refractivity contribution in [3.05, 3.63) is 23.8 Å². The monoisotopic (exact) mass is 475 g/mol. The molecule has 2 aliphatic rings. The quantitative estimate of drug-likeness (QED) is 0.390. The first-order valence-electron chi connectivity index (χ1n) is 9.23. The molecule has 0 saturated carbocycles. The van der Waals surface area contributed by atoms with Gasteiger partial charge in [-0.25, -0.2) is 4.99 Å². The van der Waals surface area contributed by atoms with Gasteiger partial charge in [-0.15, -0.1) is 24.0 Å². The minimum Gasteiger partial charge on any atom is -0.490 e. The summed E-state index contributed by atoms with van der Waals surface area (Å²) >= 11 is 0. The van der Waals surface area contributed by atoms with Crippen molar-refractivity contribution in [3.63, 3.8) is 0 Å². The maximum absolute atomic E-state index is 5.83. The number of nitrogens with zero attached hydrogens (tertiary/aromatic N) is 1. The predicted molar refractivity (Wildman–Crippen MR) is 114 cm³/mol. The summed E-state index contributed by atoms with van der Waals surface area (Å²) in [5.41, 5.74) is 1.01. The molecule has 1 aromatic carbocycles. The molecular formula is C19H30IN3O3. The van der Waals surface area contributed by atoms with Crippen LogP contribution in [-0.4, -0.2) is 44.5 Å². The molecule has 0 aliphatic carbocycles. The lowest BCUT2D eigenvalue weighted by atomic mass is 10.0. The summed E-state index contributed by atoms with van der Waals surface area (Å²) in [6.07, 6.45) is 3.13. The molecule has 1 fully saturated rings. The largest absolute Gasteiger partial charge is 0.490 e. The van der Waals surface area contributed by atoms with E-state index in [9.17, 15) is 0 Å². The third-order valence-corrected chi connectivity index (χ3v) is 4.51. The van der Waals surface area contributed by atoms with Gasteiger partial charge in [0, 0.05) is 26.1 Å². The SMILES string of the molecule is CCNC(=NCc1ccc2c(c1)OCCCO2)NCC1(C)CCCO1.I. The molecule has 1 unspecified atom stereocenters. The first kappa shape index (κ1) is 21.1. The lowest BCUT2D eigenvalue weighted by Gasteiger charge is -2.24. The van der Waals surface area contributed by atoms with Gasteiger partial charge in [-0.05, 0) is 44.4 Å². The van der Waals surface area contributed by atoms with Crippen LogP contribution in [-0.2, 0) is 11.3 Å². The molecule has 0 radical (unpaired) electrons. The van der Waals surface area contributed by atoms with Gasteiger partial charge in [0.05, 0.1) is 25.4 Å². The molecule has 1 atom stereocenters. The highest BCUT2D eigenvalue weighted by Crippen LogP contribution is 2.30. The van der Waals surface area contributed by atoms with E-state index in [1.165, 1.54) is 0 Å². The van der Waals surface area contributed by atoms with Gasteiger partial charge in [0.25, 0.3) is 0 Å². The van der Waals surface area contributed by atoms with Crippen LogP contribution in [0.4, 0.5) is 0 Å². The second-order valence-corrected chi connectivity index (χ2v) is 6.78. The zero-order valence-corrected chi connectivity index (χ0v) is 18.0. The van der Waals surface area contributed by atoms with Gasteiger partial charge >= 0.3 is 0 Å². The Morgan fingerprint density at radius 3 is 2.65 bits per heavy atom. The Morgan fingerprint density at radius 2 is 1.92 bits per heavy atom. The Morgan fingerprint density at radius 1 is 1.12 bits per heavy atom. The Hall–Kier alpha value is -1.22. The number of halogens is 1. The maximum atomic E-state index is 5.83. The summed E-state index contributed by atoms with van der Waals surface area (Å²) in [5.74, 6) is 2.45. The fraction of sp³-hybridized carbons (Fsp3) is 0.632. The number of aliphatic imine (C=N–C) groups is 1. The molecular weight excluding hydrogens is 445 g/mol. The van der Waals surface area contributed by atoms with Crippen molar-refractivity contribution in [1.29, 1.82) is 0 Å². The van der Waals surface area contributed by atoms with Gasteiger partial charge in [-0.2, -0.15) is 0 Å². The lowest BCUT2D eigenvalue weighted by molar-refractivity contribution is 0.0243. The van der Waals surface area contributed by atoms with Gasteiger partial charge in [-0.3, -0.25) is 0 Å². The van der Waals surface area contributed by atoms with Gasteiger partial charge in [0.1, 0.15) is 0 Å². The van der Waals surface area contributed by atoms with Crippen molar-refractivity contribution in [2.75, 3.05) is 32.9 Å². The zero-order valence-electron chi connectivity index (χ0n) is 15.7. The number of benzene rings is 1. The van der Waals surface area contributed by atoms with Crippen LogP contribution in [0.15, 0.2) is 23.2 Å². The highest BCUT2D eigenvalue weighted by Gasteiger charge is 2.29. The highest BCUT2D eigenvalue weighted by molar-refractivity contribution is 14.0. The van der Waals surface area contributed by atoms with Crippen molar-refractivity contribution < 1.29 is 14.2 Å². The van der Waals surface area contributed by atoms with Crippen LogP contribution in [0.25, 0.3) is 0 Å². The number of ether oxygens (including phenoxy) is 3. The molecule has 146 valence electrons. The molecule has 0 amide bonds. The average molecular weight is 475 g/mol. The number of fused-ring (bicyclic) bond motifs is 1. The molecule has 26 heavy (non-hydrogen) atoms. The van der Waals surface area contributed by atoms with E-state index in [0.29, 0.717) is 19.8 Å². The van der Waals surface area contributed by atoms with Gasteiger partial charge in [-0.1, -0.05) is 6.07 Å². The smallest absolute Gasteiger partial charge is 0.191 e. The normalized spacial score (nSPS) is 22.3. The van der Waals surface area contributed by atoms with Crippen LogP contribution >= 0.6 is 24.0 Å². The van der Waals surface area contributed by atoms with Crippen molar-refractivity contribution in [2.24, 2.45) is 4.99 Å². The molecule has 0 aromatic heterocycles. The van der Waals surface area contributed by atoms with Crippen molar-refractivity contribution in [3.8, 4) is 11.5 Å². The van der Waals surface area contributed by atoms with Crippen LogP contribution in [0.3, 0.4) is 0 Å². The molecule has 2 N–H and O–H groups in total. The standard InChI is InChI=1S/C19H29N3O3.HI/c1-3-20-18(22-14-19(2)8-4-11-25-19)21-13-15-6-7-16-17(12-15)24-10-5-9-23-16;/h6-7,12H,3-5,8-11,13-14H2,1-2H3,(H2,20,21,22);1H.